The van der Waals surface area contributed by atoms with Gasteiger partial charge in [0, 0.05) is 166 Å². The van der Waals surface area contributed by atoms with Crippen molar-refractivity contribution in [1.82, 2.24) is 44.9 Å². The van der Waals surface area contributed by atoms with E-state index >= 15 is 0 Å². The van der Waals surface area contributed by atoms with E-state index in [4.69, 9.17) is 47.5 Å². The van der Waals surface area contributed by atoms with Crippen molar-refractivity contribution in [2.45, 2.75) is 293 Å². The van der Waals surface area contributed by atoms with Crippen LogP contribution in [-0.2, 0) is 73.1 Å². The average Bonchev–Trinajstić information content (AvgIpc) is 1.72. The van der Waals surface area contributed by atoms with Crippen molar-refractivity contribution < 1.29 is 109 Å². The van der Waals surface area contributed by atoms with Gasteiger partial charge in [-0.15, -0.1) is 161 Å². The fraction of sp³-hybridized carbons (Fsp3) is 0.391. The average molecular weight is 2520 g/mol. The number of furan rings is 3. The molecule has 22 rings (SSSR count). The minimum absolute atomic E-state index is 0. The minimum Gasteiger partial charge on any atom is -0.486 e. The van der Waals surface area contributed by atoms with E-state index < -0.39 is 72.0 Å². The van der Waals surface area contributed by atoms with Crippen molar-refractivity contribution in [2.75, 3.05) is 0 Å². The second-order valence-electron chi connectivity index (χ2n) is 44.7. The van der Waals surface area contributed by atoms with Gasteiger partial charge in [0.2, 0.25) is 17.1 Å². The predicted octanol–water partition coefficient (Wildman–Crippen LogP) is 35.9. The van der Waals surface area contributed by atoms with Gasteiger partial charge in [-0.3, -0.25) is 0 Å². The van der Waals surface area contributed by atoms with Crippen LogP contribution >= 0.6 is 0 Å². The van der Waals surface area contributed by atoms with E-state index in [1.807, 2.05) is 111 Å². The van der Waals surface area contributed by atoms with Gasteiger partial charge in [0.15, 0.2) is 0 Å². The van der Waals surface area contributed by atoms with Crippen LogP contribution in [0.3, 0.4) is 0 Å². The maximum absolute atomic E-state index is 9.64. The minimum atomic E-state index is -2.31. The van der Waals surface area contributed by atoms with Crippen LogP contribution < -0.4 is 0 Å². The molecule has 4 aliphatic rings. The zero-order valence-electron chi connectivity index (χ0n) is 113. The first-order chi connectivity index (χ1) is 79.5. The van der Waals surface area contributed by atoms with Crippen molar-refractivity contribution in [3.63, 3.8) is 0 Å². The van der Waals surface area contributed by atoms with Crippen LogP contribution in [0.5, 0.6) is 0 Å². The molecule has 4 fully saturated rings. The van der Waals surface area contributed by atoms with Crippen molar-refractivity contribution in [2.24, 2.45) is 43.8 Å². The summed E-state index contributed by atoms with van der Waals surface area (Å²) in [5.41, 5.74) is 20.3. The summed E-state index contributed by atoms with van der Waals surface area (Å²) < 4.78 is 220. The van der Waals surface area contributed by atoms with Crippen LogP contribution in [0.2, 0.25) is 0 Å². The first-order valence-corrected chi connectivity index (χ1v) is 50.6. The molecular formula is C133H147Ir3N9O3-6. The van der Waals surface area contributed by atoms with Crippen molar-refractivity contribution in [1.29, 1.82) is 0 Å². The Bertz CT molecular complexity index is 8460. The molecule has 15 heteroatoms. The Labute approximate surface area is 957 Å². The standard InChI is InChI=1S/C38H49N2O.C27H29N2O.C26H27N2O.3C14H14N.3Ir/c1-26-11-12-30-29-9-8-10-31(33(29)41-34(30)40-26)32-23-28(15-22-39-32)27-13-16-37(17-14-27)18-20-38(21-19-37,24-35(2,3)4)25-36(5,6)7;1-18-8-9-21-20-6-5-7-22(24(20)30-25(21)29-18)23-16-19(10-15-28-23)17-27(4)13-11-26(2,3)12-14-27;1-17-7-8-21-20-5-4-6-22(24(20)29-25(21)28-17)23-16-19(11-14-27-23)15-18-9-12-26(2,3)13-10-18;3*1-10-4-6-13(7-5-10)14-8-11(2)12(3)9-15-14;;;/h8-9,11-12,15,22-23,27H,13-14,16-21,24-25H2,1-7H3;5-6,8-10,15-16H,11-14,17H2,1-4H3;4-5,7-8,11,14,16,18H,9-10,12-13,15H2,1-3H3;3*4-6,8-9H,1-3H3;;;/q6*-1;;;/i1D3,27D;17D2;15D2;3*1D3,3D3;;;. The Balaban J connectivity index is 0.000000164. The van der Waals surface area contributed by atoms with E-state index in [0.29, 0.717) is 145 Å². The number of hydrogen-bond donors (Lipinski definition) is 0. The monoisotopic (exact) mass is 2520 g/mol. The molecule has 4 aliphatic carbocycles. The normalized spacial score (nSPS) is 19.3. The summed E-state index contributed by atoms with van der Waals surface area (Å²) in [7, 11) is 0. The molecule has 1 spiro atoms. The van der Waals surface area contributed by atoms with Gasteiger partial charge < -0.3 is 43.2 Å². The molecule has 18 aromatic rings. The van der Waals surface area contributed by atoms with Crippen LogP contribution in [0, 0.1) is 163 Å². The molecule has 0 unspecified atom stereocenters. The first-order valence-electron chi connectivity index (χ1n) is 63.6. The molecule has 0 aliphatic heterocycles. The third-order valence-electron chi connectivity index (χ3n) is 29.2. The number of rotatable bonds is 13. The number of fused-ring (bicyclic) bond motifs is 9. The summed E-state index contributed by atoms with van der Waals surface area (Å²) >= 11 is 0. The summed E-state index contributed by atoms with van der Waals surface area (Å²) in [5.74, 6) is -0.624. The Morgan fingerprint density at radius 2 is 0.743 bits per heavy atom. The number of hydrogen-bond acceptors (Lipinski definition) is 12. The van der Waals surface area contributed by atoms with E-state index in [2.05, 4.69) is 157 Å². The Hall–Kier alpha value is -11.0. The molecule has 0 bridgehead atoms. The number of pyridine rings is 9. The Kier molecular flexibility index (Phi) is 26.4. The van der Waals surface area contributed by atoms with Crippen LogP contribution in [0.25, 0.3) is 134 Å². The number of aryl methyl sites for hydroxylation is 12. The molecule has 148 heavy (non-hydrogen) atoms. The summed E-state index contributed by atoms with van der Waals surface area (Å²) in [6.07, 6.45) is 25.9. The molecule has 0 atom stereocenters. The summed E-state index contributed by atoms with van der Waals surface area (Å²) in [6.45, 7) is 19.3. The van der Waals surface area contributed by atoms with Gasteiger partial charge in [-0.25, -0.2) is 15.0 Å². The third-order valence-corrected chi connectivity index (χ3v) is 29.2. The second-order valence-corrected chi connectivity index (χ2v) is 44.7. The molecule has 6 aromatic carbocycles. The third kappa shape index (κ3) is 28.1. The number of benzene rings is 6. The van der Waals surface area contributed by atoms with Crippen LogP contribution in [0.15, 0.2) is 232 Å². The topological polar surface area (TPSA) is 155 Å². The molecule has 3 radical (unpaired) electrons. The first kappa shape index (κ1) is 81.8. The Morgan fingerprint density at radius 3 is 1.13 bits per heavy atom. The van der Waals surface area contributed by atoms with E-state index in [1.54, 1.807) is 87.9 Å². The van der Waals surface area contributed by atoms with Crippen molar-refractivity contribution in [3.05, 3.63) is 339 Å². The summed E-state index contributed by atoms with van der Waals surface area (Å²) in [5, 5.41) is 5.48. The van der Waals surface area contributed by atoms with E-state index in [0.717, 1.165) is 137 Å². The number of aromatic nitrogens is 9. The molecule has 12 heterocycles. The van der Waals surface area contributed by atoms with Crippen LogP contribution in [0.4, 0.5) is 0 Å². The predicted molar refractivity (Wildman–Crippen MR) is 599 cm³/mol. The molecule has 12 aromatic heterocycles. The Morgan fingerprint density at radius 1 is 0.358 bits per heavy atom. The van der Waals surface area contributed by atoms with Gasteiger partial charge in [0.25, 0.3) is 0 Å². The van der Waals surface area contributed by atoms with Crippen molar-refractivity contribution >= 4 is 66.2 Å². The second kappa shape index (κ2) is 47.7. The molecule has 775 valence electrons. The molecule has 4 saturated carbocycles. The van der Waals surface area contributed by atoms with Crippen LogP contribution in [-0.4, -0.2) is 44.9 Å². The fourth-order valence-electron chi connectivity index (χ4n) is 21.2. The molecular weight excluding hydrogens is 2350 g/mol. The zero-order valence-corrected chi connectivity index (χ0v) is 94.5. The zero-order chi connectivity index (χ0) is 125. The maximum atomic E-state index is 9.64. The maximum Gasteiger partial charge on any atom is 0.216 e. The van der Waals surface area contributed by atoms with Crippen molar-refractivity contribution in [3.8, 4) is 67.5 Å². The van der Waals surface area contributed by atoms with Gasteiger partial charge in [-0.1, -0.05) is 199 Å². The quantitative estimate of drug-likeness (QED) is 0.101. The van der Waals surface area contributed by atoms with E-state index in [9.17, 15) is 1.37 Å². The smallest absolute Gasteiger partial charge is 0.216 e. The van der Waals surface area contributed by atoms with Crippen LogP contribution in [0.1, 0.15) is 317 Å². The summed E-state index contributed by atoms with van der Waals surface area (Å²) in [6, 6.07) is 71.4. The van der Waals surface area contributed by atoms with Gasteiger partial charge in [-0.2, -0.15) is 0 Å². The van der Waals surface area contributed by atoms with E-state index in [1.165, 1.54) is 93.5 Å². The summed E-state index contributed by atoms with van der Waals surface area (Å²) in [4.78, 5) is 39.6. The molecule has 0 saturated heterocycles. The molecule has 0 amide bonds. The van der Waals surface area contributed by atoms with Gasteiger partial charge >= 0.3 is 0 Å². The van der Waals surface area contributed by atoms with Gasteiger partial charge in [0.1, 0.15) is 0 Å². The SMILES string of the molecule is [2H]C([2H])([2H])c1c[c-]c(-c2cc(C)c(C([2H])([2H])[2H])cn2)cc1.[2H]C([2H])([2H])c1c[c-]c(-c2cc(C)c(C([2H])([2H])[2H])cn2)cc1.[2H]C([2H])([2H])c1c[c-]c(-c2cc(C)c(C([2H])([2H])[2H])cn2)cc1.[2H]C([2H])([2H])c1ccc2c(n1)oc1c(-c3cc(C4([2H])CCC5(CCC(CC(C)(C)C)(CC(C)(C)C)CC5)CC4)ccn3)[c-]ccc12.[2H]C([2H])(c1ccnc(-c2[c-]ccc3c2oc2nc(C)ccc23)c1)C1(C)CCC(C)(C)CC1.[2H]C([2H])(c1ccnc(-c2[c-]ccc3c2oc2nc(C)ccc23)c1)C1CCC(C)(C)CC1.[Ir].[Ir].[Ir]. The largest absolute Gasteiger partial charge is 0.486 e. The number of nitrogens with zero attached hydrogens (tertiary/aromatic N) is 9. The van der Waals surface area contributed by atoms with Gasteiger partial charge in [0.05, 0.1) is 16.7 Å². The molecule has 0 N–H and O–H groups in total. The van der Waals surface area contributed by atoms with E-state index in [-0.39, 0.29) is 111 Å². The fourth-order valence-corrected chi connectivity index (χ4v) is 21.2. The van der Waals surface area contributed by atoms with Gasteiger partial charge in [-0.05, 0) is 346 Å². The molecule has 12 nitrogen and oxygen atoms in total.